The molecule has 0 spiro atoms. The zero-order chi connectivity index (χ0) is 9.40. The molecule has 3 nitrogen and oxygen atoms in total. The van der Waals surface area contributed by atoms with E-state index in [0.717, 1.165) is 25.3 Å². The summed E-state index contributed by atoms with van der Waals surface area (Å²) in [5, 5.41) is 6.13. The second-order valence-corrected chi connectivity index (χ2v) is 2.81. The van der Waals surface area contributed by atoms with Gasteiger partial charge in [-0.3, -0.25) is 4.99 Å². The fourth-order valence-electron chi connectivity index (χ4n) is 0.876. The van der Waals surface area contributed by atoms with Crippen LogP contribution in [0.15, 0.2) is 17.1 Å². The Kier molecular flexibility index (Phi) is 6.15. The van der Waals surface area contributed by atoms with Crippen molar-refractivity contribution in [2.75, 3.05) is 20.6 Å². The SMILES string of the molecule is C=C(C)CCCNC(=NC)NC.[HH].[HH]. The lowest BCUT2D eigenvalue weighted by molar-refractivity contribution is 0.754. The third kappa shape index (κ3) is 5.77. The molecule has 0 unspecified atom stereocenters. The zero-order valence-corrected chi connectivity index (χ0v) is 8.28. The molecule has 3 heteroatoms. The van der Waals surface area contributed by atoms with Crippen LogP contribution in [-0.2, 0) is 0 Å². The van der Waals surface area contributed by atoms with Crippen molar-refractivity contribution in [3.05, 3.63) is 12.2 Å². The number of hydrogen-bond acceptors (Lipinski definition) is 1. The monoisotopic (exact) mass is 173 g/mol. The van der Waals surface area contributed by atoms with Gasteiger partial charge in [-0.05, 0) is 19.8 Å². The number of rotatable bonds is 4. The second-order valence-electron chi connectivity index (χ2n) is 2.81. The van der Waals surface area contributed by atoms with Crippen LogP contribution in [0.1, 0.15) is 22.6 Å². The summed E-state index contributed by atoms with van der Waals surface area (Å²) < 4.78 is 0. The smallest absolute Gasteiger partial charge is 0.190 e. The van der Waals surface area contributed by atoms with Crippen LogP contribution in [0.3, 0.4) is 0 Å². The minimum Gasteiger partial charge on any atom is -0.359 e. The molecule has 0 atom stereocenters. The van der Waals surface area contributed by atoms with Gasteiger partial charge in [-0.25, -0.2) is 0 Å². The molecule has 0 aromatic rings. The first kappa shape index (κ1) is 11.0. The van der Waals surface area contributed by atoms with E-state index in [9.17, 15) is 0 Å². The van der Waals surface area contributed by atoms with E-state index in [4.69, 9.17) is 0 Å². The number of nitrogens with one attached hydrogen (secondary N) is 2. The molecule has 0 aliphatic heterocycles. The molecular weight excluding hydrogens is 150 g/mol. The maximum absolute atomic E-state index is 4.00. The van der Waals surface area contributed by atoms with Gasteiger partial charge in [-0.2, -0.15) is 0 Å². The molecule has 0 fully saturated rings. The predicted molar refractivity (Wildman–Crippen MR) is 58.7 cm³/mol. The Morgan fingerprint density at radius 3 is 2.67 bits per heavy atom. The molecule has 0 bridgehead atoms. The second kappa shape index (κ2) is 6.70. The Bertz CT molecular complexity index is 169. The molecule has 0 aliphatic rings. The molecule has 0 saturated heterocycles. The lowest BCUT2D eigenvalue weighted by Gasteiger charge is -2.07. The van der Waals surface area contributed by atoms with Gasteiger partial charge in [0, 0.05) is 23.5 Å². The molecule has 2 N–H and O–H groups in total. The first-order valence-electron chi connectivity index (χ1n) is 4.23. The lowest BCUT2D eigenvalue weighted by Crippen LogP contribution is -2.35. The lowest BCUT2D eigenvalue weighted by atomic mass is 10.2. The first-order chi connectivity index (χ1) is 5.70. The third-order valence-electron chi connectivity index (χ3n) is 1.53. The van der Waals surface area contributed by atoms with E-state index in [2.05, 4.69) is 22.2 Å². The molecule has 0 amide bonds. The maximum atomic E-state index is 4.00. The Hall–Kier alpha value is -0.990. The first-order valence-corrected chi connectivity index (χ1v) is 4.23. The fraction of sp³-hybridized carbons (Fsp3) is 0.667. The Balaban J connectivity index is -0.000000605. The molecule has 0 aliphatic carbocycles. The van der Waals surface area contributed by atoms with Crippen molar-refractivity contribution in [3.63, 3.8) is 0 Å². The van der Waals surface area contributed by atoms with Gasteiger partial charge in [0.25, 0.3) is 0 Å². The summed E-state index contributed by atoms with van der Waals surface area (Å²) in [5.74, 6) is 0.844. The van der Waals surface area contributed by atoms with Crippen molar-refractivity contribution < 1.29 is 2.85 Å². The summed E-state index contributed by atoms with van der Waals surface area (Å²) >= 11 is 0. The van der Waals surface area contributed by atoms with Gasteiger partial charge in [-0.1, -0.05) is 5.57 Å². The van der Waals surface area contributed by atoms with Gasteiger partial charge in [0.05, 0.1) is 0 Å². The number of aliphatic imine (C=N–C) groups is 1. The van der Waals surface area contributed by atoms with E-state index in [-0.39, 0.29) is 2.85 Å². The highest BCUT2D eigenvalue weighted by Crippen LogP contribution is 1.97. The van der Waals surface area contributed by atoms with Crippen molar-refractivity contribution in [2.45, 2.75) is 19.8 Å². The highest BCUT2D eigenvalue weighted by atomic mass is 15.1. The topological polar surface area (TPSA) is 36.4 Å². The van der Waals surface area contributed by atoms with Gasteiger partial charge in [0.15, 0.2) is 5.96 Å². The normalized spacial score (nSPS) is 11.1. The number of allylic oxidation sites excluding steroid dienone is 1. The van der Waals surface area contributed by atoms with Crippen LogP contribution in [0.4, 0.5) is 0 Å². The number of guanidine groups is 1. The molecular formula is C9H23N3. The Morgan fingerprint density at radius 1 is 1.58 bits per heavy atom. The van der Waals surface area contributed by atoms with E-state index in [1.54, 1.807) is 7.05 Å². The van der Waals surface area contributed by atoms with Crippen LogP contribution in [-0.4, -0.2) is 26.6 Å². The van der Waals surface area contributed by atoms with E-state index >= 15 is 0 Å². The van der Waals surface area contributed by atoms with Crippen molar-refractivity contribution in [2.24, 2.45) is 4.99 Å². The Labute approximate surface area is 77.9 Å². The van der Waals surface area contributed by atoms with Crippen LogP contribution >= 0.6 is 0 Å². The molecule has 12 heavy (non-hydrogen) atoms. The molecule has 0 radical (unpaired) electrons. The molecule has 0 aromatic carbocycles. The highest BCUT2D eigenvalue weighted by molar-refractivity contribution is 5.79. The van der Waals surface area contributed by atoms with Crippen molar-refractivity contribution >= 4 is 5.96 Å². The minimum atomic E-state index is 0. The summed E-state index contributed by atoms with van der Waals surface area (Å²) in [5.41, 5.74) is 1.23. The van der Waals surface area contributed by atoms with Crippen LogP contribution in [0, 0.1) is 0 Å². The summed E-state index contributed by atoms with van der Waals surface area (Å²) in [6.45, 7) is 6.83. The number of hydrogen-bond donors (Lipinski definition) is 2. The van der Waals surface area contributed by atoms with E-state index < -0.39 is 0 Å². The van der Waals surface area contributed by atoms with Crippen molar-refractivity contribution in [3.8, 4) is 0 Å². The molecule has 0 heterocycles. The molecule has 0 rings (SSSR count). The van der Waals surface area contributed by atoms with Crippen LogP contribution in [0.5, 0.6) is 0 Å². The Morgan fingerprint density at radius 2 is 2.25 bits per heavy atom. The fourth-order valence-corrected chi connectivity index (χ4v) is 0.876. The van der Waals surface area contributed by atoms with Gasteiger partial charge in [-0.15, -0.1) is 6.58 Å². The maximum Gasteiger partial charge on any atom is 0.190 e. The van der Waals surface area contributed by atoms with Gasteiger partial charge >= 0.3 is 0 Å². The summed E-state index contributed by atoms with van der Waals surface area (Å²) in [6, 6.07) is 0. The summed E-state index contributed by atoms with van der Waals surface area (Å²) in [7, 11) is 3.62. The molecule has 0 saturated carbocycles. The summed E-state index contributed by atoms with van der Waals surface area (Å²) in [4.78, 5) is 4.00. The van der Waals surface area contributed by atoms with E-state index in [1.807, 2.05) is 14.0 Å². The largest absolute Gasteiger partial charge is 0.359 e. The van der Waals surface area contributed by atoms with Gasteiger partial charge in [0.1, 0.15) is 0 Å². The van der Waals surface area contributed by atoms with Crippen molar-refractivity contribution in [1.82, 2.24) is 10.6 Å². The standard InChI is InChI=1S/C9H19N3.2H2/c1-8(2)6-5-7-12-9(10-3)11-4;;/h1,5-7H2,2-4H3,(H2,10,11,12);2*1H. The molecule has 74 valence electrons. The number of nitrogens with zero attached hydrogens (tertiary/aromatic N) is 1. The zero-order valence-electron chi connectivity index (χ0n) is 8.28. The van der Waals surface area contributed by atoms with Crippen LogP contribution in [0.25, 0.3) is 0 Å². The van der Waals surface area contributed by atoms with E-state index in [0.29, 0.717) is 0 Å². The van der Waals surface area contributed by atoms with Gasteiger partial charge < -0.3 is 10.6 Å². The predicted octanol–water partition coefficient (Wildman–Crippen LogP) is 1.63. The minimum absolute atomic E-state index is 0. The van der Waals surface area contributed by atoms with Crippen molar-refractivity contribution in [1.29, 1.82) is 0 Å². The third-order valence-corrected chi connectivity index (χ3v) is 1.53. The van der Waals surface area contributed by atoms with Crippen LogP contribution in [0.2, 0.25) is 0 Å². The van der Waals surface area contributed by atoms with E-state index in [1.165, 1.54) is 5.57 Å². The highest BCUT2D eigenvalue weighted by Gasteiger charge is 1.91. The average molecular weight is 173 g/mol. The van der Waals surface area contributed by atoms with Gasteiger partial charge in [0.2, 0.25) is 0 Å². The molecule has 0 aromatic heterocycles. The average Bonchev–Trinajstić information content (AvgIpc) is 2.04. The van der Waals surface area contributed by atoms with Crippen LogP contribution < -0.4 is 10.6 Å². The quantitative estimate of drug-likeness (QED) is 0.293. The summed E-state index contributed by atoms with van der Waals surface area (Å²) in [6.07, 6.45) is 2.18.